The van der Waals surface area contributed by atoms with Gasteiger partial charge in [0.15, 0.2) is 6.61 Å². The monoisotopic (exact) mass is 934 g/mol. The number of carboxylic acids is 1. The van der Waals surface area contributed by atoms with E-state index in [0.29, 0.717) is 38.5 Å². The first-order valence-corrected chi connectivity index (χ1v) is 17.2. The van der Waals surface area contributed by atoms with E-state index in [4.69, 9.17) is 37.6 Å². The molecule has 1 saturated carbocycles. The van der Waals surface area contributed by atoms with Gasteiger partial charge in [-0.15, -0.1) is 0 Å². The van der Waals surface area contributed by atoms with Crippen LogP contribution in [0, 0.1) is 13.8 Å². The van der Waals surface area contributed by atoms with Gasteiger partial charge in [-0.05, 0) is 85.6 Å². The molecule has 7 rings (SSSR count). The van der Waals surface area contributed by atoms with Crippen molar-refractivity contribution in [1.82, 2.24) is 14.5 Å². The molecular formula is C40H42ClN5O7Pt. The van der Waals surface area contributed by atoms with Crippen molar-refractivity contribution in [2.24, 2.45) is 0 Å². The minimum Gasteiger partial charge on any atom is -0.676 e. The average molecular weight is 935 g/mol. The smallest absolute Gasteiger partial charge is 0.676 e. The number of carbonyl (C=O) groups excluding carboxylic acids is 2. The zero-order valence-electron chi connectivity index (χ0n) is 30.0. The van der Waals surface area contributed by atoms with Crippen molar-refractivity contribution < 1.29 is 55.5 Å². The molecule has 3 aromatic carbocycles. The summed E-state index contributed by atoms with van der Waals surface area (Å²) in [5, 5.41) is 12.2. The number of rotatable bonds is 6. The van der Waals surface area contributed by atoms with Gasteiger partial charge < -0.3 is 31.5 Å². The number of esters is 1. The van der Waals surface area contributed by atoms with Gasteiger partial charge in [-0.25, -0.2) is 4.79 Å². The first-order chi connectivity index (χ1) is 25.0. The summed E-state index contributed by atoms with van der Waals surface area (Å²) in [6.45, 7) is 3.11. The molecule has 0 radical (unpaired) electrons. The van der Waals surface area contributed by atoms with E-state index in [9.17, 15) is 14.4 Å². The summed E-state index contributed by atoms with van der Waals surface area (Å²) in [6.07, 6.45) is 7.70. The summed E-state index contributed by atoms with van der Waals surface area (Å²) in [6, 6.07) is 21.8. The van der Waals surface area contributed by atoms with Crippen molar-refractivity contribution in [3.05, 3.63) is 124 Å². The molecule has 5 N–H and O–H groups in total. The Hall–Kier alpha value is -4.71. The molecule has 12 nitrogen and oxygen atoms in total. The molecule has 3 aromatic heterocycles. The minimum absolute atomic E-state index is 0. The van der Waals surface area contributed by atoms with Gasteiger partial charge in [0.2, 0.25) is 0 Å². The molecule has 0 amide bonds. The van der Waals surface area contributed by atoms with Crippen molar-refractivity contribution in [3.8, 4) is 5.75 Å². The summed E-state index contributed by atoms with van der Waals surface area (Å²) in [5.41, 5.74) is 20.0. The quantitative estimate of drug-likeness (QED) is 0.127. The molecule has 0 bridgehead atoms. The average Bonchev–Trinajstić information content (AvgIpc) is 3.42. The van der Waals surface area contributed by atoms with Crippen molar-refractivity contribution in [2.45, 2.75) is 58.0 Å². The third kappa shape index (κ3) is 10.5. The van der Waals surface area contributed by atoms with Gasteiger partial charge in [0.1, 0.15) is 5.75 Å². The fraction of sp³-hybridized carbons (Fsp3) is 0.275. The van der Waals surface area contributed by atoms with E-state index in [0.717, 1.165) is 29.3 Å². The number of ether oxygens (including phenoxy) is 2. The summed E-state index contributed by atoms with van der Waals surface area (Å²) in [7, 11) is 1.52. The number of carbonyl (C=O) groups is 3. The second-order valence-electron chi connectivity index (χ2n) is 12.5. The Morgan fingerprint density at radius 1 is 0.889 bits per heavy atom. The fourth-order valence-electron chi connectivity index (χ4n) is 6.22. The van der Waals surface area contributed by atoms with Gasteiger partial charge in [-0.1, -0.05) is 49.4 Å². The molecule has 14 heteroatoms. The summed E-state index contributed by atoms with van der Waals surface area (Å²) >= 11 is 5.91. The Morgan fingerprint density at radius 3 is 2.13 bits per heavy atom. The number of nitrogens with one attached hydrogen (secondary N) is 2. The molecule has 6 aromatic rings. The number of aryl methyl sites for hydroxylation is 1. The molecule has 1 aliphatic rings. The second kappa shape index (κ2) is 20.1. The molecule has 0 spiro atoms. The molecular weight excluding hydrogens is 893 g/mol. The Balaban J connectivity index is 0.000000259. The maximum absolute atomic E-state index is 13.2. The van der Waals surface area contributed by atoms with Crippen LogP contribution in [0.2, 0.25) is 5.02 Å². The molecule has 2 atom stereocenters. The molecule has 1 unspecified atom stereocenters. The number of hydrogen-bond acceptors (Lipinski definition) is 7. The maximum atomic E-state index is 13.2. The number of aromatic nitrogens is 3. The van der Waals surface area contributed by atoms with Gasteiger partial charge in [0.05, 0.1) is 30.1 Å². The van der Waals surface area contributed by atoms with Crippen LogP contribution in [0.3, 0.4) is 0 Å². The van der Waals surface area contributed by atoms with Crippen LogP contribution in [-0.2, 0) is 41.8 Å². The minimum atomic E-state index is -1.24. The fourth-order valence-corrected chi connectivity index (χ4v) is 6.35. The van der Waals surface area contributed by atoms with Crippen molar-refractivity contribution in [3.63, 3.8) is 0 Å². The Labute approximate surface area is 332 Å². The van der Waals surface area contributed by atoms with Crippen LogP contribution in [0.1, 0.15) is 52.9 Å². The van der Waals surface area contributed by atoms with E-state index >= 15 is 0 Å². The number of halogens is 1. The molecule has 0 saturated heterocycles. The number of nitrogens with zero attached hydrogens (tertiary/aromatic N) is 3. The first kappa shape index (κ1) is 43.7. The van der Waals surface area contributed by atoms with Crippen LogP contribution in [0.15, 0.2) is 85.2 Å². The normalized spacial score (nSPS) is 14.7. The van der Waals surface area contributed by atoms with Gasteiger partial charge in [-0.3, -0.25) is 24.1 Å². The number of pyridine rings is 2. The Bertz CT molecular complexity index is 2220. The van der Waals surface area contributed by atoms with E-state index in [2.05, 4.69) is 35.1 Å². The van der Waals surface area contributed by atoms with Crippen LogP contribution >= 0.6 is 11.6 Å². The predicted molar refractivity (Wildman–Crippen MR) is 207 cm³/mol. The molecule has 1 fully saturated rings. The number of hydrogen-bond donors (Lipinski definition) is 1. The van der Waals surface area contributed by atoms with E-state index < -0.39 is 18.5 Å². The Morgan fingerprint density at radius 2 is 1.52 bits per heavy atom. The molecule has 0 aliphatic heterocycles. The maximum Gasteiger partial charge on any atom is 2.00 e. The molecule has 1 aliphatic carbocycles. The summed E-state index contributed by atoms with van der Waals surface area (Å²) in [5.74, 6) is -1.65. The number of fused-ring (bicyclic) bond motifs is 4. The zero-order valence-corrected chi connectivity index (χ0v) is 33.0. The van der Waals surface area contributed by atoms with Crippen molar-refractivity contribution >= 4 is 62.2 Å². The van der Waals surface area contributed by atoms with Crippen LogP contribution in [0.5, 0.6) is 5.75 Å². The third-order valence-corrected chi connectivity index (χ3v) is 9.20. The van der Waals surface area contributed by atoms with Crippen molar-refractivity contribution in [2.75, 3.05) is 13.7 Å². The van der Waals surface area contributed by atoms with Gasteiger partial charge in [0, 0.05) is 44.8 Å². The summed E-state index contributed by atoms with van der Waals surface area (Å²) < 4.78 is 11.5. The first-order valence-electron chi connectivity index (χ1n) is 16.8. The zero-order chi connectivity index (χ0) is 37.4. The van der Waals surface area contributed by atoms with Crippen LogP contribution < -0.4 is 4.74 Å². The van der Waals surface area contributed by atoms with Crippen LogP contribution in [0.25, 0.3) is 44.2 Å². The van der Waals surface area contributed by atoms with Crippen molar-refractivity contribution in [1.29, 1.82) is 0 Å². The van der Waals surface area contributed by atoms with Gasteiger partial charge in [0.25, 0.3) is 5.91 Å². The molecule has 54 heavy (non-hydrogen) atoms. The number of methoxy groups -OCH3 is 1. The number of aliphatic carboxylic acids is 1. The van der Waals surface area contributed by atoms with E-state index in [1.807, 2.05) is 24.5 Å². The topological polar surface area (TPSA) is 200 Å². The number of benzene rings is 3. The second-order valence-corrected chi connectivity index (χ2v) is 12.9. The van der Waals surface area contributed by atoms with E-state index in [1.165, 1.54) is 35.5 Å². The van der Waals surface area contributed by atoms with Gasteiger partial charge in [-0.2, -0.15) is 12.1 Å². The van der Waals surface area contributed by atoms with E-state index in [-0.39, 0.29) is 51.0 Å². The standard InChI is InChI=1S/C21H18ClNO6.C13H10N2.C6H12N2.H2O.Pt/c1-12-16(10-20(26)29-11-19(24)25)17-9-15(28-2)7-8-18(17)23(12)21(27)13-3-5-14(22)6-4-13;1-9-8-10-4-2-6-14-12(10)13-11(9)5-3-7-15-13;7-5-3-1-2-4-6(5)8;;/h3-9H,10-11H2,1-2H3,(H,24,25);2-8H,1H3;5-8H,1-4H2;1H2;/q;;-2;;+2/t;;5-,6?;;/m..0../s1. The third-order valence-electron chi connectivity index (χ3n) is 8.95. The Kier molecular flexibility index (Phi) is 16.3. The van der Waals surface area contributed by atoms with Gasteiger partial charge >= 0.3 is 33.0 Å². The van der Waals surface area contributed by atoms with Crippen LogP contribution in [0.4, 0.5) is 0 Å². The van der Waals surface area contributed by atoms with E-state index in [1.54, 1.807) is 49.4 Å². The molecule has 286 valence electrons. The SMILES string of the molecule is COc1ccc2c(c1)c(CC(=O)OCC(=O)O)c(C)n2C(=O)c1ccc(Cl)cc1.Cc1cc2cccnc2c2ncccc12.O.[NH-]C1CCCC[C@@H]1[NH-].[Pt+2]. The molecule has 3 heterocycles. The van der Waals surface area contributed by atoms with Crippen LogP contribution in [-0.4, -0.2) is 68.8 Å². The number of carboxylic acid groups (broad SMARTS) is 1. The predicted octanol–water partition coefficient (Wildman–Crippen LogP) is 8.14. The largest absolute Gasteiger partial charge is 2.00 e. The summed E-state index contributed by atoms with van der Waals surface area (Å²) in [4.78, 5) is 44.7.